The number of benzene rings is 2. The highest BCUT2D eigenvalue weighted by Gasteiger charge is 2.13. The van der Waals surface area contributed by atoms with Gasteiger partial charge in [0.25, 0.3) is 0 Å². The maximum Gasteiger partial charge on any atom is 0.221 e. The summed E-state index contributed by atoms with van der Waals surface area (Å²) in [5.41, 5.74) is 9.15. The predicted octanol–water partition coefficient (Wildman–Crippen LogP) is 4.37. The lowest BCUT2D eigenvalue weighted by Crippen LogP contribution is -2.29. The molecule has 1 N–H and O–H groups in total. The fourth-order valence-electron chi connectivity index (χ4n) is 3.38. The van der Waals surface area contributed by atoms with Crippen LogP contribution in [0.25, 0.3) is 0 Å². The summed E-state index contributed by atoms with van der Waals surface area (Å²) in [5.74, 6) is 0.111. The molecule has 2 aromatic rings. The molecule has 0 aromatic heterocycles. The summed E-state index contributed by atoms with van der Waals surface area (Å²) in [6.45, 7) is 13.1. The third-order valence-electron chi connectivity index (χ3n) is 5.63. The molecule has 0 radical (unpaired) electrons. The SMILES string of the molecule is Cc1c(C)c(C)c(CNC(=O)CCN(C)Cc2ccccc2)c(C)c1C. The van der Waals surface area contributed by atoms with E-state index in [1.165, 1.54) is 38.9 Å². The van der Waals surface area contributed by atoms with Crippen molar-refractivity contribution in [3.05, 3.63) is 69.3 Å². The molecule has 0 aliphatic heterocycles. The van der Waals surface area contributed by atoms with Crippen LogP contribution >= 0.6 is 0 Å². The maximum atomic E-state index is 12.3. The molecule has 0 atom stereocenters. The average molecular weight is 353 g/mol. The number of hydrogen-bond donors (Lipinski definition) is 1. The Morgan fingerprint density at radius 2 is 1.42 bits per heavy atom. The highest BCUT2D eigenvalue weighted by molar-refractivity contribution is 5.76. The monoisotopic (exact) mass is 352 g/mol. The van der Waals surface area contributed by atoms with Crippen molar-refractivity contribution in [2.24, 2.45) is 0 Å². The van der Waals surface area contributed by atoms with Gasteiger partial charge in [0.15, 0.2) is 0 Å². The minimum absolute atomic E-state index is 0.111. The lowest BCUT2D eigenvalue weighted by Gasteiger charge is -2.20. The van der Waals surface area contributed by atoms with Crippen LogP contribution in [-0.2, 0) is 17.9 Å². The molecular formula is C23H32N2O. The Bertz CT molecular complexity index is 737. The summed E-state index contributed by atoms with van der Waals surface area (Å²) in [7, 11) is 2.06. The summed E-state index contributed by atoms with van der Waals surface area (Å²) in [6, 6.07) is 10.3. The standard InChI is InChI=1S/C23H32N2O/c1-16-17(2)19(4)22(20(5)18(16)3)14-24-23(26)12-13-25(6)15-21-10-8-7-9-11-21/h7-11H,12-15H2,1-6H3,(H,24,26). The first kappa shape index (κ1) is 20.2. The number of amides is 1. The van der Waals surface area contributed by atoms with Crippen molar-refractivity contribution >= 4 is 5.91 Å². The van der Waals surface area contributed by atoms with Gasteiger partial charge in [-0.2, -0.15) is 0 Å². The van der Waals surface area contributed by atoms with Gasteiger partial charge in [0.2, 0.25) is 5.91 Å². The molecule has 2 rings (SSSR count). The number of hydrogen-bond acceptors (Lipinski definition) is 2. The van der Waals surface area contributed by atoms with Crippen molar-refractivity contribution in [1.82, 2.24) is 10.2 Å². The fourth-order valence-corrected chi connectivity index (χ4v) is 3.38. The van der Waals surface area contributed by atoms with Gasteiger partial charge in [0.1, 0.15) is 0 Å². The molecule has 0 aliphatic rings. The van der Waals surface area contributed by atoms with E-state index in [2.05, 4.69) is 64.0 Å². The normalized spacial score (nSPS) is 11.0. The van der Waals surface area contributed by atoms with Crippen molar-refractivity contribution in [3.63, 3.8) is 0 Å². The van der Waals surface area contributed by atoms with Crippen LogP contribution in [0.15, 0.2) is 30.3 Å². The zero-order chi connectivity index (χ0) is 19.3. The zero-order valence-corrected chi connectivity index (χ0v) is 17.1. The Morgan fingerprint density at radius 1 is 0.885 bits per heavy atom. The number of nitrogens with one attached hydrogen (secondary N) is 1. The lowest BCUT2D eigenvalue weighted by atomic mass is 9.89. The summed E-state index contributed by atoms with van der Waals surface area (Å²) < 4.78 is 0. The maximum absolute atomic E-state index is 12.3. The molecule has 3 nitrogen and oxygen atoms in total. The fraction of sp³-hybridized carbons (Fsp3) is 0.435. The molecule has 26 heavy (non-hydrogen) atoms. The van der Waals surface area contributed by atoms with Gasteiger partial charge in [-0.15, -0.1) is 0 Å². The number of carbonyl (C=O) groups excluding carboxylic acids is 1. The molecule has 140 valence electrons. The van der Waals surface area contributed by atoms with E-state index in [0.717, 1.165) is 13.1 Å². The van der Waals surface area contributed by atoms with Crippen LogP contribution in [-0.4, -0.2) is 24.4 Å². The van der Waals surface area contributed by atoms with Crippen LogP contribution in [0.1, 0.15) is 45.4 Å². The second-order valence-electron chi connectivity index (χ2n) is 7.35. The van der Waals surface area contributed by atoms with Gasteiger partial charge < -0.3 is 10.2 Å². The van der Waals surface area contributed by atoms with Crippen molar-refractivity contribution in [3.8, 4) is 0 Å². The Labute approximate surface area is 158 Å². The highest BCUT2D eigenvalue weighted by atomic mass is 16.1. The van der Waals surface area contributed by atoms with E-state index in [0.29, 0.717) is 13.0 Å². The van der Waals surface area contributed by atoms with E-state index in [1.807, 2.05) is 18.2 Å². The molecule has 0 saturated heterocycles. The van der Waals surface area contributed by atoms with Gasteiger partial charge >= 0.3 is 0 Å². The molecule has 2 aromatic carbocycles. The third kappa shape index (κ3) is 4.95. The quantitative estimate of drug-likeness (QED) is 0.803. The molecular weight excluding hydrogens is 320 g/mol. The topological polar surface area (TPSA) is 32.3 Å². The van der Waals surface area contributed by atoms with Gasteiger partial charge in [-0.3, -0.25) is 4.79 Å². The molecule has 0 aliphatic carbocycles. The van der Waals surface area contributed by atoms with E-state index < -0.39 is 0 Å². The van der Waals surface area contributed by atoms with E-state index in [-0.39, 0.29) is 5.91 Å². The van der Waals surface area contributed by atoms with Crippen LogP contribution in [0.3, 0.4) is 0 Å². The molecule has 3 heteroatoms. The van der Waals surface area contributed by atoms with Gasteiger partial charge in [0.05, 0.1) is 0 Å². The minimum atomic E-state index is 0.111. The van der Waals surface area contributed by atoms with Gasteiger partial charge in [-0.25, -0.2) is 0 Å². The van der Waals surface area contributed by atoms with E-state index in [9.17, 15) is 4.79 Å². The second-order valence-corrected chi connectivity index (χ2v) is 7.35. The van der Waals surface area contributed by atoms with Crippen molar-refractivity contribution in [2.45, 2.75) is 54.1 Å². The molecule has 0 saturated carbocycles. The van der Waals surface area contributed by atoms with Crippen LogP contribution in [0.4, 0.5) is 0 Å². The smallest absolute Gasteiger partial charge is 0.221 e. The van der Waals surface area contributed by atoms with Crippen molar-refractivity contribution in [1.29, 1.82) is 0 Å². The average Bonchev–Trinajstić information content (AvgIpc) is 2.64. The van der Waals surface area contributed by atoms with Crippen LogP contribution in [0.5, 0.6) is 0 Å². The predicted molar refractivity (Wildman–Crippen MR) is 109 cm³/mol. The summed E-state index contributed by atoms with van der Waals surface area (Å²) in [6.07, 6.45) is 0.519. The molecule has 0 unspecified atom stereocenters. The minimum Gasteiger partial charge on any atom is -0.352 e. The summed E-state index contributed by atoms with van der Waals surface area (Å²) >= 11 is 0. The molecule has 0 bridgehead atoms. The molecule has 0 spiro atoms. The molecule has 1 amide bonds. The molecule has 0 fully saturated rings. The van der Waals surface area contributed by atoms with E-state index in [1.54, 1.807) is 0 Å². The summed E-state index contributed by atoms with van der Waals surface area (Å²) in [4.78, 5) is 14.5. The highest BCUT2D eigenvalue weighted by Crippen LogP contribution is 2.25. The molecule has 0 heterocycles. The Morgan fingerprint density at radius 3 is 2.00 bits per heavy atom. The Balaban J connectivity index is 1.88. The van der Waals surface area contributed by atoms with Crippen LogP contribution in [0.2, 0.25) is 0 Å². The number of rotatable bonds is 7. The zero-order valence-electron chi connectivity index (χ0n) is 17.1. The van der Waals surface area contributed by atoms with Gasteiger partial charge in [0, 0.05) is 26.1 Å². The van der Waals surface area contributed by atoms with E-state index in [4.69, 9.17) is 0 Å². The number of nitrogens with zero attached hydrogens (tertiary/aromatic N) is 1. The summed E-state index contributed by atoms with van der Waals surface area (Å²) in [5, 5.41) is 3.11. The largest absolute Gasteiger partial charge is 0.352 e. The van der Waals surface area contributed by atoms with Gasteiger partial charge in [-0.05, 0) is 80.6 Å². The lowest BCUT2D eigenvalue weighted by molar-refractivity contribution is -0.121. The Kier molecular flexibility index (Phi) is 6.98. The first-order valence-corrected chi connectivity index (χ1v) is 9.36. The Hall–Kier alpha value is -2.13. The van der Waals surface area contributed by atoms with Crippen LogP contribution < -0.4 is 5.32 Å². The second kappa shape index (κ2) is 9.00. The first-order chi connectivity index (χ1) is 12.3. The van der Waals surface area contributed by atoms with E-state index >= 15 is 0 Å². The van der Waals surface area contributed by atoms with Crippen LogP contribution in [0, 0.1) is 34.6 Å². The third-order valence-corrected chi connectivity index (χ3v) is 5.63. The van der Waals surface area contributed by atoms with Crippen molar-refractivity contribution in [2.75, 3.05) is 13.6 Å². The number of carbonyl (C=O) groups is 1. The van der Waals surface area contributed by atoms with Gasteiger partial charge in [-0.1, -0.05) is 30.3 Å². The van der Waals surface area contributed by atoms with Crippen molar-refractivity contribution < 1.29 is 4.79 Å². The first-order valence-electron chi connectivity index (χ1n) is 9.36.